The molecule has 5 aliphatic carbocycles. The van der Waals surface area contributed by atoms with Crippen molar-refractivity contribution >= 4 is 5.97 Å². The number of rotatable bonds is 9. The molecule has 18 heteroatoms. The Kier molecular flexibility index (Phi) is 12.6. The molecule has 4 saturated heterocycles. The van der Waals surface area contributed by atoms with Crippen molar-refractivity contribution in [3.63, 3.8) is 0 Å². The van der Waals surface area contributed by atoms with Crippen molar-refractivity contribution in [1.82, 2.24) is 0 Å². The SMILES string of the molecule is CC(=O)O[C@@H]1[C@H](O[C@@H]2O[C@H](C)[C@H](O)[C@H](O)[C@@H]2O)[C@H](O[C@H]2CC[C@]34C[C@]35CC[C@]3(C)[C@H]([C@@]6(C)CC[C@@H](C(C)(C)O)O6)[C@H](O)C[C@@]3(C)[C@@H]5C[C@H](O[C@@H]3OC[C@@H](O)[C@H](O)[C@@H]3O)[C@@H]4C2(C)C)OC[C@H]1O. The molecule has 25 atom stereocenters. The molecule has 2 spiro atoms. The first-order valence-electron chi connectivity index (χ1n) is 24.5. The van der Waals surface area contributed by atoms with Gasteiger partial charge in [-0.15, -0.1) is 0 Å². The summed E-state index contributed by atoms with van der Waals surface area (Å²) in [6, 6.07) is 0. The maximum atomic E-state index is 12.4. The lowest BCUT2D eigenvalue weighted by atomic mass is 9.41. The summed E-state index contributed by atoms with van der Waals surface area (Å²) in [5.41, 5.74) is -3.49. The van der Waals surface area contributed by atoms with Crippen LogP contribution in [0.1, 0.15) is 120 Å². The van der Waals surface area contributed by atoms with E-state index >= 15 is 0 Å². The van der Waals surface area contributed by atoms with Gasteiger partial charge in [0.25, 0.3) is 0 Å². The second-order valence-corrected chi connectivity index (χ2v) is 24.0. The van der Waals surface area contributed by atoms with Gasteiger partial charge in [0.15, 0.2) is 31.1 Å². The van der Waals surface area contributed by atoms with E-state index in [0.717, 1.165) is 32.1 Å². The fraction of sp³-hybridized carbons (Fsp3) is 0.979. The highest BCUT2D eigenvalue weighted by atomic mass is 16.8. The molecule has 4 heterocycles. The minimum absolute atomic E-state index is 0.0767. The van der Waals surface area contributed by atoms with E-state index in [-0.39, 0.29) is 58.7 Å². The molecule has 9 rings (SSSR count). The van der Waals surface area contributed by atoms with E-state index in [0.29, 0.717) is 25.7 Å². The molecule has 0 radical (unpaired) electrons. The van der Waals surface area contributed by atoms with Crippen molar-refractivity contribution in [3.05, 3.63) is 0 Å². The molecule has 0 amide bonds. The lowest BCUT2D eigenvalue weighted by Crippen LogP contribution is -2.65. The van der Waals surface area contributed by atoms with Gasteiger partial charge in [0.2, 0.25) is 0 Å². The van der Waals surface area contributed by atoms with Gasteiger partial charge >= 0.3 is 5.97 Å². The maximum absolute atomic E-state index is 12.4. The molecule has 0 aromatic rings. The van der Waals surface area contributed by atoms with Gasteiger partial charge < -0.3 is 83.9 Å². The molecule has 18 nitrogen and oxygen atoms in total. The normalized spacial score (nSPS) is 56.7. The monoisotopic (exact) mass is 943 g/mol. The standard InChI is InChI=1S/C48H78O18/c1-21-30(53)32(55)34(57)40(61-21)65-36-35(62-22(2)49)25(52)19-60-41(36)64-28-11-13-48-20-47(48)15-14-44(7)37(46(9)12-10-29(66-46)43(5,6)58)23(50)17-45(44,8)27(47)16-26(38(48)42(28,3)4)63-39-33(56)31(54)24(51)18-59-39/h21,23-41,50-58H,10-20H2,1-9H3/t21-,23-,24-,25-,26+,27+,28+,29+,30+,31+,32+,33+,34+,35+,36+,37-,38-,39+,40+,41+,44-,45+,46-,47+,48-/m1/s1. The average molecular weight is 943 g/mol. The number of carbonyl (C=O) groups is 1. The van der Waals surface area contributed by atoms with Crippen LogP contribution in [0.4, 0.5) is 0 Å². The van der Waals surface area contributed by atoms with Gasteiger partial charge in [-0.1, -0.05) is 27.7 Å². The highest BCUT2D eigenvalue weighted by Crippen LogP contribution is 2.89. The minimum atomic E-state index is -1.70. The summed E-state index contributed by atoms with van der Waals surface area (Å²) in [6.45, 7) is 16.8. The molecule has 9 fully saturated rings. The van der Waals surface area contributed by atoms with Crippen molar-refractivity contribution in [1.29, 1.82) is 0 Å². The Morgan fingerprint density at radius 3 is 2.00 bits per heavy atom. The summed E-state index contributed by atoms with van der Waals surface area (Å²) in [5, 5.41) is 99.0. The Balaban J connectivity index is 1.04. The first kappa shape index (κ1) is 49.8. The predicted molar refractivity (Wildman–Crippen MR) is 229 cm³/mol. The molecule has 0 bridgehead atoms. The molecule has 9 N–H and O–H groups in total. The molecule has 9 aliphatic rings. The van der Waals surface area contributed by atoms with E-state index in [9.17, 15) is 50.8 Å². The molecule has 0 aromatic heterocycles. The molecule has 0 aromatic carbocycles. The topological polar surface area (TPSA) is 273 Å². The number of aliphatic hydroxyl groups excluding tert-OH is 8. The summed E-state index contributed by atoms with van der Waals surface area (Å²) in [5.74, 6) is -1.03. The van der Waals surface area contributed by atoms with Crippen molar-refractivity contribution in [3.8, 4) is 0 Å². The smallest absolute Gasteiger partial charge is 0.303 e. The maximum Gasteiger partial charge on any atom is 0.303 e. The van der Waals surface area contributed by atoms with Crippen LogP contribution in [0, 0.1) is 44.8 Å². The molecule has 66 heavy (non-hydrogen) atoms. The van der Waals surface area contributed by atoms with Crippen LogP contribution in [0.5, 0.6) is 0 Å². The molecule has 378 valence electrons. The fourth-order valence-electron chi connectivity index (χ4n) is 16.3. The van der Waals surface area contributed by atoms with Crippen molar-refractivity contribution in [2.45, 2.75) is 236 Å². The zero-order valence-electron chi connectivity index (χ0n) is 40.0. The van der Waals surface area contributed by atoms with Gasteiger partial charge in [0.05, 0.1) is 54.9 Å². The number of esters is 1. The Morgan fingerprint density at radius 2 is 1.33 bits per heavy atom. The number of hydrogen-bond acceptors (Lipinski definition) is 18. The Morgan fingerprint density at radius 1 is 0.667 bits per heavy atom. The average Bonchev–Trinajstić information content (AvgIpc) is 3.59. The molecular formula is C48H78O18. The van der Waals surface area contributed by atoms with Crippen LogP contribution < -0.4 is 0 Å². The Labute approximate surface area is 387 Å². The number of aliphatic hydroxyl groups is 9. The lowest BCUT2D eigenvalue weighted by Gasteiger charge is -2.65. The summed E-state index contributed by atoms with van der Waals surface area (Å²) in [4.78, 5) is 12.4. The first-order valence-corrected chi connectivity index (χ1v) is 24.5. The largest absolute Gasteiger partial charge is 0.457 e. The minimum Gasteiger partial charge on any atom is -0.457 e. The van der Waals surface area contributed by atoms with E-state index in [4.69, 9.17) is 37.9 Å². The third-order valence-corrected chi connectivity index (χ3v) is 19.6. The van der Waals surface area contributed by atoms with E-state index in [1.807, 2.05) is 0 Å². The number of carbonyl (C=O) groups excluding carboxylic acids is 1. The Bertz CT molecular complexity index is 1810. The third kappa shape index (κ3) is 7.43. The van der Waals surface area contributed by atoms with Crippen LogP contribution in [0.25, 0.3) is 0 Å². The fourth-order valence-corrected chi connectivity index (χ4v) is 16.3. The van der Waals surface area contributed by atoms with Crippen LogP contribution in [-0.4, -0.2) is 181 Å². The summed E-state index contributed by atoms with van der Waals surface area (Å²) < 4.78 is 50.5. The lowest BCUT2D eigenvalue weighted by molar-refractivity contribution is -0.366. The van der Waals surface area contributed by atoms with Gasteiger partial charge in [-0.05, 0) is 124 Å². The van der Waals surface area contributed by atoms with Gasteiger partial charge in [-0.25, -0.2) is 0 Å². The zero-order valence-corrected chi connectivity index (χ0v) is 40.0. The quantitative estimate of drug-likeness (QED) is 0.114. The second kappa shape index (κ2) is 16.7. The van der Waals surface area contributed by atoms with Crippen molar-refractivity contribution in [2.24, 2.45) is 44.8 Å². The zero-order chi connectivity index (χ0) is 48.1. The summed E-state index contributed by atoms with van der Waals surface area (Å²) in [6.07, 6.45) is -13.6. The predicted octanol–water partition coefficient (Wildman–Crippen LogP) is 0.786. The summed E-state index contributed by atoms with van der Waals surface area (Å²) in [7, 11) is 0. The summed E-state index contributed by atoms with van der Waals surface area (Å²) >= 11 is 0. The molecule has 0 unspecified atom stereocenters. The van der Waals surface area contributed by atoms with Gasteiger partial charge in [0.1, 0.15) is 42.7 Å². The molecule has 5 saturated carbocycles. The van der Waals surface area contributed by atoms with Crippen molar-refractivity contribution < 1.29 is 88.6 Å². The van der Waals surface area contributed by atoms with E-state index in [2.05, 4.69) is 34.6 Å². The van der Waals surface area contributed by atoms with E-state index in [1.54, 1.807) is 13.8 Å². The highest BCUT2D eigenvalue weighted by molar-refractivity contribution is 5.66. The number of hydrogen-bond donors (Lipinski definition) is 9. The van der Waals surface area contributed by atoms with Gasteiger partial charge in [-0.2, -0.15) is 0 Å². The number of fused-ring (bicyclic) bond motifs is 2. The van der Waals surface area contributed by atoms with Crippen LogP contribution in [0.3, 0.4) is 0 Å². The molecular weight excluding hydrogens is 865 g/mol. The van der Waals surface area contributed by atoms with Gasteiger partial charge in [-0.3, -0.25) is 4.79 Å². The van der Waals surface area contributed by atoms with Crippen LogP contribution in [0.2, 0.25) is 0 Å². The van der Waals surface area contributed by atoms with E-state index in [1.165, 1.54) is 13.8 Å². The second-order valence-electron chi connectivity index (χ2n) is 24.0. The third-order valence-electron chi connectivity index (χ3n) is 19.6. The van der Waals surface area contributed by atoms with Gasteiger partial charge in [0, 0.05) is 12.8 Å². The van der Waals surface area contributed by atoms with Crippen LogP contribution >= 0.6 is 0 Å². The number of ether oxygens (including phenoxy) is 8. The van der Waals surface area contributed by atoms with Crippen LogP contribution in [0.15, 0.2) is 0 Å². The van der Waals surface area contributed by atoms with Crippen LogP contribution in [-0.2, 0) is 42.7 Å². The highest BCUT2D eigenvalue weighted by Gasteiger charge is 2.85. The molecule has 4 aliphatic heterocycles. The van der Waals surface area contributed by atoms with E-state index < -0.39 is 121 Å². The first-order chi connectivity index (χ1) is 30.7. The van der Waals surface area contributed by atoms with Crippen molar-refractivity contribution in [2.75, 3.05) is 13.2 Å². The Hall–Kier alpha value is -1.17.